The van der Waals surface area contributed by atoms with Crippen LogP contribution in [-0.4, -0.2) is 46.3 Å². The van der Waals surface area contributed by atoms with E-state index in [1.165, 1.54) is 12.2 Å². The molecule has 1 aromatic heterocycles. The maximum Gasteiger partial charge on any atom is 0.407 e. The zero-order chi connectivity index (χ0) is 20.9. The second kappa shape index (κ2) is 9.41. The van der Waals surface area contributed by atoms with Crippen LogP contribution in [0.1, 0.15) is 38.4 Å². The highest BCUT2D eigenvalue weighted by molar-refractivity contribution is 9.10. The van der Waals surface area contributed by atoms with Crippen LogP contribution in [0.25, 0.3) is 11.3 Å². The van der Waals surface area contributed by atoms with Crippen molar-refractivity contribution >= 4 is 27.9 Å². The van der Waals surface area contributed by atoms with E-state index in [4.69, 9.17) is 4.84 Å². The molecule has 1 heterocycles. The molecule has 0 spiro atoms. The highest BCUT2D eigenvalue weighted by Gasteiger charge is 2.40. The molecule has 156 valence electrons. The number of carbonyl (C=O) groups excluding carboxylic acids is 2. The Balaban J connectivity index is 1.72. The molecule has 1 fully saturated rings. The van der Waals surface area contributed by atoms with Crippen molar-refractivity contribution in [2.24, 2.45) is 0 Å². The summed E-state index contributed by atoms with van der Waals surface area (Å²) >= 11 is 3.42. The summed E-state index contributed by atoms with van der Waals surface area (Å²) in [6, 6.07) is 7.85. The number of nitrogens with one attached hydrogen (secondary N) is 2. The number of rotatable bonds is 8. The Hall–Kier alpha value is -2.39. The average molecular weight is 465 g/mol. The Kier molecular flexibility index (Phi) is 6.92. The average Bonchev–Trinajstić information content (AvgIpc) is 3.16. The summed E-state index contributed by atoms with van der Waals surface area (Å²) in [6.45, 7) is 1.99. The van der Waals surface area contributed by atoms with Gasteiger partial charge < -0.3 is 15.0 Å². The van der Waals surface area contributed by atoms with Gasteiger partial charge in [-0.2, -0.15) is 0 Å². The Morgan fingerprint density at radius 2 is 2.03 bits per heavy atom. The number of aromatic nitrogens is 2. The molecule has 0 saturated heterocycles. The van der Waals surface area contributed by atoms with Gasteiger partial charge in [-0.3, -0.25) is 9.63 Å². The van der Waals surface area contributed by atoms with E-state index in [-0.39, 0.29) is 24.6 Å². The molecule has 29 heavy (non-hydrogen) atoms. The fourth-order valence-electron chi connectivity index (χ4n) is 3.15. The lowest BCUT2D eigenvalue weighted by molar-refractivity contribution is -0.267. The minimum Gasteiger partial charge on any atom is -0.453 e. The molecule has 1 saturated carbocycles. The van der Waals surface area contributed by atoms with Gasteiger partial charge in [0, 0.05) is 4.47 Å². The van der Waals surface area contributed by atoms with E-state index in [1.807, 2.05) is 31.2 Å². The van der Waals surface area contributed by atoms with Crippen molar-refractivity contribution in [3.8, 4) is 11.3 Å². The fourth-order valence-corrected chi connectivity index (χ4v) is 3.41. The summed E-state index contributed by atoms with van der Waals surface area (Å²) in [5.41, 5.74) is 1.51. The lowest BCUT2D eigenvalue weighted by Gasteiger charge is -2.43. The Morgan fingerprint density at radius 3 is 2.62 bits per heavy atom. The van der Waals surface area contributed by atoms with Crippen molar-refractivity contribution in [2.75, 3.05) is 13.7 Å². The van der Waals surface area contributed by atoms with Crippen LogP contribution < -0.4 is 5.32 Å². The van der Waals surface area contributed by atoms with Gasteiger partial charge in [0.1, 0.15) is 18.9 Å². The molecule has 1 aliphatic carbocycles. The van der Waals surface area contributed by atoms with Crippen molar-refractivity contribution in [3.63, 3.8) is 0 Å². The molecule has 8 nitrogen and oxygen atoms in total. The first-order valence-electron chi connectivity index (χ1n) is 9.56. The standard InChI is InChI=1S/C20H25BrN4O4/c1-3-20(9-4-10-20)29-25(18(26)12-23-19(27)28-2)13-17-22-11-16(24-17)14-5-7-15(21)8-6-14/h5-8,11H,3-4,9-10,12-13H2,1-2H3,(H,22,24)(H,23,27). The van der Waals surface area contributed by atoms with Gasteiger partial charge in [-0.25, -0.2) is 14.8 Å². The van der Waals surface area contributed by atoms with Crippen LogP contribution in [0.5, 0.6) is 0 Å². The molecule has 0 radical (unpaired) electrons. The number of alkyl carbamates (subject to hydrolysis) is 1. The number of imidazole rings is 1. The third kappa shape index (κ3) is 5.36. The van der Waals surface area contributed by atoms with E-state index >= 15 is 0 Å². The van der Waals surface area contributed by atoms with Gasteiger partial charge in [-0.15, -0.1) is 0 Å². The van der Waals surface area contributed by atoms with Gasteiger partial charge in [0.25, 0.3) is 5.91 Å². The zero-order valence-corrected chi connectivity index (χ0v) is 18.1. The number of H-pyrrole nitrogens is 1. The van der Waals surface area contributed by atoms with Crippen LogP contribution in [0.2, 0.25) is 0 Å². The number of aromatic amines is 1. The van der Waals surface area contributed by atoms with E-state index in [0.29, 0.717) is 5.82 Å². The first-order valence-corrected chi connectivity index (χ1v) is 10.3. The number of nitrogens with zero attached hydrogens (tertiary/aromatic N) is 2. The molecule has 0 bridgehead atoms. The van der Waals surface area contributed by atoms with Gasteiger partial charge in [0.15, 0.2) is 0 Å². The highest BCUT2D eigenvalue weighted by atomic mass is 79.9. The number of amides is 2. The van der Waals surface area contributed by atoms with E-state index in [9.17, 15) is 9.59 Å². The van der Waals surface area contributed by atoms with Crippen molar-refractivity contribution in [1.82, 2.24) is 20.3 Å². The van der Waals surface area contributed by atoms with Crippen LogP contribution in [-0.2, 0) is 20.9 Å². The Bertz CT molecular complexity index is 843. The number of halogens is 1. The van der Waals surface area contributed by atoms with Crippen molar-refractivity contribution < 1.29 is 19.2 Å². The number of carbonyl (C=O) groups is 2. The topological polar surface area (TPSA) is 96.5 Å². The number of hydrogen-bond acceptors (Lipinski definition) is 5. The predicted octanol–water partition coefficient (Wildman–Crippen LogP) is 3.79. The Labute approximate surface area is 178 Å². The molecule has 2 N–H and O–H groups in total. The molecule has 3 rings (SSSR count). The number of ether oxygens (including phenoxy) is 1. The van der Waals surface area contributed by atoms with Crippen LogP contribution in [0.3, 0.4) is 0 Å². The predicted molar refractivity (Wildman–Crippen MR) is 111 cm³/mol. The second-order valence-electron chi connectivity index (χ2n) is 7.01. The first-order chi connectivity index (χ1) is 13.9. The maximum atomic E-state index is 12.7. The smallest absolute Gasteiger partial charge is 0.407 e. The molecule has 0 unspecified atom stereocenters. The zero-order valence-electron chi connectivity index (χ0n) is 16.5. The minimum atomic E-state index is -0.664. The van der Waals surface area contributed by atoms with Gasteiger partial charge in [0.05, 0.1) is 24.6 Å². The van der Waals surface area contributed by atoms with E-state index in [1.54, 1.807) is 6.20 Å². The molecule has 1 aromatic carbocycles. The molecule has 0 aliphatic heterocycles. The summed E-state index contributed by atoms with van der Waals surface area (Å²) in [6.07, 6.45) is 4.75. The molecule has 2 aromatic rings. The number of methoxy groups -OCH3 is 1. The van der Waals surface area contributed by atoms with Gasteiger partial charge in [0.2, 0.25) is 0 Å². The largest absolute Gasteiger partial charge is 0.453 e. The van der Waals surface area contributed by atoms with Gasteiger partial charge >= 0.3 is 6.09 Å². The summed E-state index contributed by atoms with van der Waals surface area (Å²) < 4.78 is 5.53. The highest BCUT2D eigenvalue weighted by Crippen LogP contribution is 2.39. The normalized spacial score (nSPS) is 14.7. The van der Waals surface area contributed by atoms with Crippen LogP contribution in [0.4, 0.5) is 4.79 Å². The van der Waals surface area contributed by atoms with Gasteiger partial charge in [-0.1, -0.05) is 35.0 Å². The second-order valence-corrected chi connectivity index (χ2v) is 7.92. The van der Waals surface area contributed by atoms with Crippen LogP contribution >= 0.6 is 15.9 Å². The molecule has 0 atom stereocenters. The Morgan fingerprint density at radius 1 is 1.31 bits per heavy atom. The number of hydrogen-bond donors (Lipinski definition) is 2. The molecule has 9 heteroatoms. The van der Waals surface area contributed by atoms with E-state index < -0.39 is 6.09 Å². The maximum absolute atomic E-state index is 12.7. The quantitative estimate of drug-likeness (QED) is 0.579. The molecule has 2 amide bonds. The van der Waals surface area contributed by atoms with E-state index in [0.717, 1.165) is 41.4 Å². The molecular weight excluding hydrogens is 440 g/mol. The van der Waals surface area contributed by atoms with Crippen LogP contribution in [0, 0.1) is 0 Å². The van der Waals surface area contributed by atoms with Crippen LogP contribution in [0.15, 0.2) is 34.9 Å². The minimum absolute atomic E-state index is 0.153. The summed E-state index contributed by atoms with van der Waals surface area (Å²) in [5, 5.41) is 3.70. The van der Waals surface area contributed by atoms with Gasteiger partial charge in [-0.05, 0) is 43.4 Å². The monoisotopic (exact) mass is 464 g/mol. The van der Waals surface area contributed by atoms with Crippen molar-refractivity contribution in [1.29, 1.82) is 0 Å². The fraction of sp³-hybridized carbons (Fsp3) is 0.450. The first kappa shape index (κ1) is 21.3. The van der Waals surface area contributed by atoms with Crippen molar-refractivity contribution in [2.45, 2.75) is 44.8 Å². The molecule has 1 aliphatic rings. The number of benzene rings is 1. The SMILES string of the molecule is CCC1(ON(Cc2ncc(-c3ccc(Br)cc3)[nH]2)C(=O)CNC(=O)OC)CCC1. The summed E-state index contributed by atoms with van der Waals surface area (Å²) in [4.78, 5) is 37.8. The third-order valence-corrected chi connectivity index (χ3v) is 5.67. The number of hydroxylamine groups is 2. The van der Waals surface area contributed by atoms with Crippen molar-refractivity contribution in [3.05, 3.63) is 40.8 Å². The van der Waals surface area contributed by atoms with E-state index in [2.05, 4.69) is 36.0 Å². The lowest BCUT2D eigenvalue weighted by atomic mass is 9.78. The third-order valence-electron chi connectivity index (χ3n) is 5.14. The summed E-state index contributed by atoms with van der Waals surface area (Å²) in [5.74, 6) is 0.233. The summed E-state index contributed by atoms with van der Waals surface area (Å²) in [7, 11) is 1.25. The molecular formula is C20H25BrN4O4. The lowest BCUT2D eigenvalue weighted by Crippen LogP contribution is -2.49.